The number of nitrogens with zero attached hydrogens (tertiary/aromatic N) is 2. The highest BCUT2D eigenvalue weighted by Crippen LogP contribution is 2.45. The van der Waals surface area contributed by atoms with Crippen molar-refractivity contribution >= 4 is 0 Å². The number of hydrogen-bond donors (Lipinski definition) is 1. The lowest BCUT2D eigenvalue weighted by Crippen LogP contribution is -2.47. The summed E-state index contributed by atoms with van der Waals surface area (Å²) in [6.07, 6.45) is 5.80. The van der Waals surface area contributed by atoms with Crippen molar-refractivity contribution in [2.45, 2.75) is 50.3 Å². The maximum atomic E-state index is 11.0. The maximum absolute atomic E-state index is 11.0. The Morgan fingerprint density at radius 2 is 2.00 bits per heavy atom. The van der Waals surface area contributed by atoms with E-state index in [0.717, 1.165) is 24.0 Å². The first kappa shape index (κ1) is 12.9. The van der Waals surface area contributed by atoms with Gasteiger partial charge in [0.1, 0.15) is 0 Å². The second kappa shape index (κ2) is 4.46. The first-order valence-electron chi connectivity index (χ1n) is 6.99. The van der Waals surface area contributed by atoms with Crippen LogP contribution < -0.4 is 4.74 Å². The van der Waals surface area contributed by atoms with Crippen molar-refractivity contribution < 1.29 is 9.84 Å². The zero-order chi connectivity index (χ0) is 13.6. The Morgan fingerprint density at radius 1 is 1.37 bits per heavy atom. The molecular formula is C15H22N2O2. The van der Waals surface area contributed by atoms with E-state index in [1.807, 2.05) is 13.0 Å². The molecule has 0 saturated carbocycles. The lowest BCUT2D eigenvalue weighted by Gasteiger charge is -2.42. The number of hydrogen-bond acceptors (Lipinski definition) is 4. The summed E-state index contributed by atoms with van der Waals surface area (Å²) >= 11 is 0. The molecule has 0 aromatic carbocycles. The van der Waals surface area contributed by atoms with Gasteiger partial charge in [-0.1, -0.05) is 0 Å². The van der Waals surface area contributed by atoms with Crippen LogP contribution in [0.3, 0.4) is 0 Å². The monoisotopic (exact) mass is 262 g/mol. The number of aryl methyl sites for hydroxylation is 1. The molecule has 2 bridgehead atoms. The van der Waals surface area contributed by atoms with Crippen LogP contribution >= 0.6 is 0 Å². The van der Waals surface area contributed by atoms with Gasteiger partial charge in [-0.3, -0.25) is 0 Å². The van der Waals surface area contributed by atoms with E-state index >= 15 is 0 Å². The quantitative estimate of drug-likeness (QED) is 0.883. The highest BCUT2D eigenvalue weighted by Gasteiger charge is 2.46. The summed E-state index contributed by atoms with van der Waals surface area (Å²) in [6.45, 7) is 1.97. The molecule has 19 heavy (non-hydrogen) atoms. The minimum Gasteiger partial charge on any atom is -0.481 e. The zero-order valence-electron chi connectivity index (χ0n) is 11.9. The zero-order valence-corrected chi connectivity index (χ0v) is 11.9. The highest BCUT2D eigenvalue weighted by atomic mass is 16.5. The van der Waals surface area contributed by atoms with Crippen molar-refractivity contribution in [3.8, 4) is 5.88 Å². The third-order valence-corrected chi connectivity index (χ3v) is 4.89. The summed E-state index contributed by atoms with van der Waals surface area (Å²) < 4.78 is 5.19. The molecule has 104 valence electrons. The number of aromatic nitrogens is 1. The number of piperidine rings is 1. The molecule has 3 heterocycles. The van der Waals surface area contributed by atoms with Gasteiger partial charge in [-0.05, 0) is 45.7 Å². The fourth-order valence-corrected chi connectivity index (χ4v) is 3.71. The van der Waals surface area contributed by atoms with Crippen LogP contribution in [0.15, 0.2) is 12.3 Å². The second-order valence-corrected chi connectivity index (χ2v) is 6.04. The van der Waals surface area contributed by atoms with Crippen LogP contribution in [-0.2, 0) is 5.60 Å². The SMILES string of the molecule is COc1ncc(C2(O)CC3CCC(C2)N3C)cc1C. The van der Waals surface area contributed by atoms with Gasteiger partial charge >= 0.3 is 0 Å². The standard InChI is InChI=1S/C15H22N2O2/c1-10-6-11(9-16-14(10)19-3)15(18)7-12-4-5-13(8-15)17(12)2/h6,9,12-13,18H,4-5,7-8H2,1-3H3. The van der Waals surface area contributed by atoms with Crippen LogP contribution in [0.4, 0.5) is 0 Å². The molecule has 2 aliphatic rings. The molecular weight excluding hydrogens is 240 g/mol. The molecule has 2 fully saturated rings. The lowest BCUT2D eigenvalue weighted by atomic mass is 9.81. The molecule has 3 rings (SSSR count). The molecule has 0 aliphatic carbocycles. The molecule has 2 atom stereocenters. The number of methoxy groups -OCH3 is 1. The van der Waals surface area contributed by atoms with E-state index in [-0.39, 0.29) is 0 Å². The Morgan fingerprint density at radius 3 is 2.53 bits per heavy atom. The van der Waals surface area contributed by atoms with Gasteiger partial charge in [0.2, 0.25) is 5.88 Å². The van der Waals surface area contributed by atoms with Gasteiger partial charge < -0.3 is 14.7 Å². The van der Waals surface area contributed by atoms with Crippen LogP contribution in [0.25, 0.3) is 0 Å². The van der Waals surface area contributed by atoms with Gasteiger partial charge in [0.25, 0.3) is 0 Å². The molecule has 0 amide bonds. The summed E-state index contributed by atoms with van der Waals surface area (Å²) in [6, 6.07) is 3.04. The van der Waals surface area contributed by atoms with Crippen LogP contribution in [0.5, 0.6) is 5.88 Å². The minimum atomic E-state index is -0.720. The fraction of sp³-hybridized carbons (Fsp3) is 0.667. The van der Waals surface area contributed by atoms with Crippen molar-refractivity contribution in [1.29, 1.82) is 0 Å². The predicted molar refractivity (Wildman–Crippen MR) is 73.2 cm³/mol. The molecule has 1 aromatic heterocycles. The number of pyridine rings is 1. The summed E-state index contributed by atoms with van der Waals surface area (Å²) in [4.78, 5) is 6.74. The topological polar surface area (TPSA) is 45.6 Å². The highest BCUT2D eigenvalue weighted by molar-refractivity contribution is 5.32. The van der Waals surface area contributed by atoms with E-state index in [4.69, 9.17) is 4.74 Å². The number of ether oxygens (including phenoxy) is 1. The second-order valence-electron chi connectivity index (χ2n) is 6.04. The summed E-state index contributed by atoms with van der Waals surface area (Å²) in [5.74, 6) is 0.642. The maximum Gasteiger partial charge on any atom is 0.215 e. The Hall–Kier alpha value is -1.13. The number of fused-ring (bicyclic) bond motifs is 2. The van der Waals surface area contributed by atoms with Gasteiger partial charge in [-0.15, -0.1) is 0 Å². The molecule has 2 saturated heterocycles. The van der Waals surface area contributed by atoms with E-state index in [9.17, 15) is 5.11 Å². The van der Waals surface area contributed by atoms with Crippen molar-refractivity contribution in [3.63, 3.8) is 0 Å². The van der Waals surface area contributed by atoms with Crippen LogP contribution in [-0.4, -0.2) is 41.2 Å². The van der Waals surface area contributed by atoms with Crippen molar-refractivity contribution in [2.24, 2.45) is 0 Å². The van der Waals surface area contributed by atoms with Gasteiger partial charge in [-0.2, -0.15) is 0 Å². The van der Waals surface area contributed by atoms with Crippen molar-refractivity contribution in [3.05, 3.63) is 23.4 Å². The average molecular weight is 262 g/mol. The smallest absolute Gasteiger partial charge is 0.215 e. The van der Waals surface area contributed by atoms with Crippen LogP contribution in [0, 0.1) is 6.92 Å². The van der Waals surface area contributed by atoms with E-state index in [1.54, 1.807) is 13.3 Å². The third kappa shape index (κ3) is 2.03. The Labute approximate surface area is 114 Å². The van der Waals surface area contributed by atoms with Crippen LogP contribution in [0.2, 0.25) is 0 Å². The van der Waals surface area contributed by atoms with Gasteiger partial charge in [0.05, 0.1) is 12.7 Å². The van der Waals surface area contributed by atoms with Crippen molar-refractivity contribution in [2.75, 3.05) is 14.2 Å². The molecule has 1 aromatic rings. The van der Waals surface area contributed by atoms with E-state index < -0.39 is 5.60 Å². The average Bonchev–Trinajstić information content (AvgIpc) is 2.63. The van der Waals surface area contributed by atoms with E-state index in [2.05, 4.69) is 16.9 Å². The normalized spacial score (nSPS) is 34.5. The largest absolute Gasteiger partial charge is 0.481 e. The summed E-state index contributed by atoms with van der Waals surface area (Å²) in [5.41, 5.74) is 1.21. The molecule has 2 aliphatic heterocycles. The third-order valence-electron chi connectivity index (χ3n) is 4.89. The van der Waals surface area contributed by atoms with Crippen molar-refractivity contribution in [1.82, 2.24) is 9.88 Å². The van der Waals surface area contributed by atoms with E-state index in [1.165, 1.54) is 12.8 Å². The van der Waals surface area contributed by atoms with Gasteiger partial charge in [-0.25, -0.2) is 4.98 Å². The first-order chi connectivity index (χ1) is 9.03. The Balaban J connectivity index is 1.91. The molecule has 0 spiro atoms. The van der Waals surface area contributed by atoms with Crippen LogP contribution in [0.1, 0.15) is 36.8 Å². The Bertz CT molecular complexity index is 475. The minimum absolute atomic E-state index is 0.506. The van der Waals surface area contributed by atoms with Gasteiger partial charge in [0, 0.05) is 29.4 Å². The molecule has 4 nitrogen and oxygen atoms in total. The predicted octanol–water partition coefficient (Wildman–Crippen LogP) is 1.84. The summed E-state index contributed by atoms with van der Waals surface area (Å²) in [5, 5.41) is 11.0. The lowest BCUT2D eigenvalue weighted by molar-refractivity contribution is -0.0496. The molecule has 1 N–H and O–H groups in total. The molecule has 2 unspecified atom stereocenters. The first-order valence-corrected chi connectivity index (χ1v) is 6.99. The number of rotatable bonds is 2. The summed E-state index contributed by atoms with van der Waals surface area (Å²) in [7, 11) is 3.80. The fourth-order valence-electron chi connectivity index (χ4n) is 3.71. The van der Waals surface area contributed by atoms with Gasteiger partial charge in [0.15, 0.2) is 0 Å². The molecule has 0 radical (unpaired) electrons. The molecule has 4 heteroatoms. The Kier molecular flexibility index (Phi) is 3.02. The van der Waals surface area contributed by atoms with E-state index in [0.29, 0.717) is 18.0 Å². The number of aliphatic hydroxyl groups is 1.